The van der Waals surface area contributed by atoms with Gasteiger partial charge >= 0.3 is 5.97 Å². The maximum atomic E-state index is 12.2. The summed E-state index contributed by atoms with van der Waals surface area (Å²) in [4.78, 5) is 20.8. The highest BCUT2D eigenvalue weighted by atomic mass is 127. The van der Waals surface area contributed by atoms with Gasteiger partial charge in [0.25, 0.3) is 0 Å². The Hall–Kier alpha value is -2.71. The molecule has 3 aromatic carbocycles. The van der Waals surface area contributed by atoms with Crippen molar-refractivity contribution in [2.45, 2.75) is 0 Å². The Kier molecular flexibility index (Phi) is 5.40. The SMILES string of the molecule is O=C(Oc1ccc(Nc2ncnc3ccc(I)cc23)cc1Cl)c1ccccc1. The average Bonchev–Trinajstić information content (AvgIpc) is 2.71. The highest BCUT2D eigenvalue weighted by Crippen LogP contribution is 2.31. The van der Waals surface area contributed by atoms with Gasteiger partial charge in [-0.25, -0.2) is 14.8 Å². The van der Waals surface area contributed by atoms with Crippen LogP contribution in [0.15, 0.2) is 73.1 Å². The molecule has 0 saturated carbocycles. The van der Waals surface area contributed by atoms with Gasteiger partial charge in [-0.05, 0) is 71.1 Å². The van der Waals surface area contributed by atoms with Crippen LogP contribution in [0.4, 0.5) is 11.5 Å². The number of anilines is 2. The Labute approximate surface area is 179 Å². The quantitative estimate of drug-likeness (QED) is 0.216. The molecule has 5 nitrogen and oxygen atoms in total. The largest absolute Gasteiger partial charge is 0.421 e. The lowest BCUT2D eigenvalue weighted by Gasteiger charge is -2.11. The molecule has 0 atom stereocenters. The number of rotatable bonds is 4. The lowest BCUT2D eigenvalue weighted by Crippen LogP contribution is -2.08. The molecule has 28 heavy (non-hydrogen) atoms. The van der Waals surface area contributed by atoms with E-state index in [9.17, 15) is 4.79 Å². The van der Waals surface area contributed by atoms with Gasteiger partial charge in [-0.15, -0.1) is 0 Å². The van der Waals surface area contributed by atoms with E-state index in [2.05, 4.69) is 37.9 Å². The number of benzene rings is 3. The number of halogens is 2. The molecule has 4 rings (SSSR count). The van der Waals surface area contributed by atoms with Crippen molar-refractivity contribution in [2.75, 3.05) is 5.32 Å². The second kappa shape index (κ2) is 8.12. The Morgan fingerprint density at radius 3 is 2.61 bits per heavy atom. The first kappa shape index (κ1) is 18.6. The first-order chi connectivity index (χ1) is 13.6. The van der Waals surface area contributed by atoms with Crippen LogP contribution in [0.3, 0.4) is 0 Å². The predicted molar refractivity (Wildman–Crippen MR) is 118 cm³/mol. The van der Waals surface area contributed by atoms with Gasteiger partial charge in [0.15, 0.2) is 0 Å². The first-order valence-corrected chi connectivity index (χ1v) is 9.80. The number of carbonyl (C=O) groups is 1. The van der Waals surface area contributed by atoms with Crippen molar-refractivity contribution in [3.8, 4) is 5.75 Å². The van der Waals surface area contributed by atoms with Crippen LogP contribution < -0.4 is 10.1 Å². The van der Waals surface area contributed by atoms with E-state index in [1.807, 2.05) is 24.3 Å². The van der Waals surface area contributed by atoms with Crippen molar-refractivity contribution in [2.24, 2.45) is 0 Å². The van der Waals surface area contributed by atoms with E-state index >= 15 is 0 Å². The molecule has 0 aliphatic carbocycles. The number of ether oxygens (including phenoxy) is 1. The maximum absolute atomic E-state index is 12.2. The molecule has 0 bridgehead atoms. The molecule has 1 N–H and O–H groups in total. The van der Waals surface area contributed by atoms with E-state index in [1.54, 1.807) is 42.5 Å². The number of nitrogens with one attached hydrogen (secondary N) is 1. The number of aromatic nitrogens is 2. The number of hydrogen-bond donors (Lipinski definition) is 1. The number of esters is 1. The van der Waals surface area contributed by atoms with E-state index < -0.39 is 5.97 Å². The molecular formula is C21H13ClIN3O2. The fraction of sp³-hybridized carbons (Fsp3) is 0. The van der Waals surface area contributed by atoms with E-state index in [-0.39, 0.29) is 0 Å². The normalized spacial score (nSPS) is 10.6. The maximum Gasteiger partial charge on any atom is 0.343 e. The van der Waals surface area contributed by atoms with E-state index in [0.29, 0.717) is 22.2 Å². The van der Waals surface area contributed by atoms with Crippen molar-refractivity contribution in [1.82, 2.24) is 9.97 Å². The smallest absolute Gasteiger partial charge is 0.343 e. The second-order valence-corrected chi connectivity index (χ2v) is 7.56. The Morgan fingerprint density at radius 2 is 1.82 bits per heavy atom. The molecule has 0 aliphatic heterocycles. The van der Waals surface area contributed by atoms with Crippen molar-refractivity contribution in [3.63, 3.8) is 0 Å². The van der Waals surface area contributed by atoms with Crippen LogP contribution >= 0.6 is 34.2 Å². The van der Waals surface area contributed by atoms with Gasteiger partial charge < -0.3 is 10.1 Å². The molecular weight excluding hydrogens is 489 g/mol. The standard InChI is InChI=1S/C21H13ClIN3O2/c22-17-11-15(7-9-19(17)28-21(27)13-4-2-1-3-5-13)26-20-16-10-14(23)6-8-18(16)24-12-25-20/h1-12H,(H,24,25,26). The fourth-order valence-electron chi connectivity index (χ4n) is 2.66. The molecule has 1 heterocycles. The zero-order valence-electron chi connectivity index (χ0n) is 14.4. The summed E-state index contributed by atoms with van der Waals surface area (Å²) in [6.45, 7) is 0. The summed E-state index contributed by atoms with van der Waals surface area (Å²) in [6, 6.07) is 19.8. The lowest BCUT2D eigenvalue weighted by atomic mass is 10.2. The zero-order chi connectivity index (χ0) is 19.5. The molecule has 0 saturated heterocycles. The Bertz CT molecular complexity index is 1170. The Morgan fingerprint density at radius 1 is 1.00 bits per heavy atom. The third-order valence-electron chi connectivity index (χ3n) is 4.00. The van der Waals surface area contributed by atoms with Crippen molar-refractivity contribution >= 4 is 62.6 Å². The number of fused-ring (bicyclic) bond motifs is 1. The van der Waals surface area contributed by atoms with Gasteiger partial charge in [-0.2, -0.15) is 0 Å². The molecule has 138 valence electrons. The van der Waals surface area contributed by atoms with Gasteiger partial charge in [0, 0.05) is 14.6 Å². The van der Waals surface area contributed by atoms with Crippen molar-refractivity contribution in [3.05, 3.63) is 87.2 Å². The lowest BCUT2D eigenvalue weighted by molar-refractivity contribution is 0.0735. The van der Waals surface area contributed by atoms with Gasteiger partial charge in [0.05, 0.1) is 16.1 Å². The third-order valence-corrected chi connectivity index (χ3v) is 4.97. The molecule has 0 spiro atoms. The number of hydrogen-bond acceptors (Lipinski definition) is 5. The van der Waals surface area contributed by atoms with Gasteiger partial charge in [-0.3, -0.25) is 0 Å². The van der Waals surface area contributed by atoms with Crippen LogP contribution in [0.2, 0.25) is 5.02 Å². The highest BCUT2D eigenvalue weighted by molar-refractivity contribution is 14.1. The second-order valence-electron chi connectivity index (χ2n) is 5.91. The summed E-state index contributed by atoms with van der Waals surface area (Å²) >= 11 is 8.57. The predicted octanol–water partition coefficient (Wildman–Crippen LogP) is 5.85. The van der Waals surface area contributed by atoms with E-state index in [4.69, 9.17) is 16.3 Å². The minimum absolute atomic E-state index is 0.295. The summed E-state index contributed by atoms with van der Waals surface area (Å²) < 4.78 is 6.48. The van der Waals surface area contributed by atoms with Gasteiger partial charge in [-0.1, -0.05) is 29.8 Å². The molecule has 0 radical (unpaired) electrons. The van der Waals surface area contributed by atoms with E-state index in [0.717, 1.165) is 20.2 Å². The summed E-state index contributed by atoms with van der Waals surface area (Å²) in [6.07, 6.45) is 1.51. The fourth-order valence-corrected chi connectivity index (χ4v) is 3.37. The third kappa shape index (κ3) is 4.07. The molecule has 0 aliphatic rings. The average molecular weight is 502 g/mol. The molecule has 7 heteroatoms. The van der Waals surface area contributed by atoms with Crippen LogP contribution in [-0.4, -0.2) is 15.9 Å². The topological polar surface area (TPSA) is 64.1 Å². The number of carbonyl (C=O) groups excluding carboxylic acids is 1. The zero-order valence-corrected chi connectivity index (χ0v) is 17.3. The van der Waals surface area contributed by atoms with Gasteiger partial charge in [0.2, 0.25) is 0 Å². The summed E-state index contributed by atoms with van der Waals surface area (Å²) in [5, 5.41) is 4.48. The molecule has 0 amide bonds. The monoisotopic (exact) mass is 501 g/mol. The van der Waals surface area contributed by atoms with Gasteiger partial charge in [0.1, 0.15) is 17.9 Å². The van der Waals surface area contributed by atoms with E-state index in [1.165, 1.54) is 6.33 Å². The summed E-state index contributed by atoms with van der Waals surface area (Å²) in [5.74, 6) is 0.511. The van der Waals surface area contributed by atoms with Crippen LogP contribution in [0, 0.1) is 3.57 Å². The molecule has 4 aromatic rings. The minimum Gasteiger partial charge on any atom is -0.421 e. The molecule has 1 aromatic heterocycles. The number of nitrogens with zero attached hydrogens (tertiary/aromatic N) is 2. The molecule has 0 fully saturated rings. The first-order valence-electron chi connectivity index (χ1n) is 8.34. The van der Waals surface area contributed by atoms with Crippen LogP contribution in [0.5, 0.6) is 5.75 Å². The minimum atomic E-state index is -0.459. The van der Waals surface area contributed by atoms with Crippen molar-refractivity contribution < 1.29 is 9.53 Å². The summed E-state index contributed by atoms with van der Waals surface area (Å²) in [7, 11) is 0. The highest BCUT2D eigenvalue weighted by Gasteiger charge is 2.12. The Balaban J connectivity index is 1.57. The van der Waals surface area contributed by atoms with Crippen molar-refractivity contribution in [1.29, 1.82) is 0 Å². The van der Waals surface area contributed by atoms with Crippen LogP contribution in [0.25, 0.3) is 10.9 Å². The van der Waals surface area contributed by atoms with Crippen LogP contribution in [-0.2, 0) is 0 Å². The molecule has 0 unspecified atom stereocenters. The summed E-state index contributed by atoms with van der Waals surface area (Å²) in [5.41, 5.74) is 2.03. The van der Waals surface area contributed by atoms with Crippen LogP contribution in [0.1, 0.15) is 10.4 Å².